The second-order valence-electron chi connectivity index (χ2n) is 6.42. The van der Waals surface area contributed by atoms with Gasteiger partial charge in [0.2, 0.25) is 0 Å². The molecule has 0 unspecified atom stereocenters. The molecule has 0 saturated carbocycles. The van der Waals surface area contributed by atoms with E-state index in [1.165, 1.54) is 36.0 Å². The van der Waals surface area contributed by atoms with Gasteiger partial charge < -0.3 is 4.57 Å². The number of aromatic nitrogens is 3. The summed E-state index contributed by atoms with van der Waals surface area (Å²) in [6.45, 7) is 6.58. The molecule has 1 aromatic carbocycles. The van der Waals surface area contributed by atoms with Gasteiger partial charge in [0.05, 0.1) is 5.33 Å². The van der Waals surface area contributed by atoms with Gasteiger partial charge in [-0.1, -0.05) is 28.1 Å². The monoisotopic (exact) mass is 333 g/mol. The van der Waals surface area contributed by atoms with E-state index in [4.69, 9.17) is 0 Å². The molecular formula is C16H20BrN3. The first-order chi connectivity index (χ1) is 9.50. The fraction of sp³-hybridized carbons (Fsp3) is 0.500. The van der Waals surface area contributed by atoms with Crippen LogP contribution in [0.5, 0.6) is 0 Å². The predicted octanol–water partition coefficient (Wildman–Crippen LogP) is 4.08. The smallest absolute Gasteiger partial charge is 0.164 e. The van der Waals surface area contributed by atoms with Crippen LogP contribution in [0.2, 0.25) is 0 Å². The lowest BCUT2D eigenvalue weighted by molar-refractivity contribution is 0.391. The van der Waals surface area contributed by atoms with Crippen LogP contribution in [0, 0.1) is 0 Å². The molecule has 106 valence electrons. The minimum absolute atomic E-state index is 0.0268. The van der Waals surface area contributed by atoms with Crippen molar-refractivity contribution in [1.29, 1.82) is 0 Å². The Morgan fingerprint density at radius 1 is 1.15 bits per heavy atom. The van der Waals surface area contributed by atoms with E-state index in [9.17, 15) is 0 Å². The molecular weight excluding hydrogens is 314 g/mol. The van der Waals surface area contributed by atoms with Crippen LogP contribution in [0.4, 0.5) is 0 Å². The Bertz CT molecular complexity index is 638. The van der Waals surface area contributed by atoms with Gasteiger partial charge in [-0.3, -0.25) is 0 Å². The van der Waals surface area contributed by atoms with Crippen molar-refractivity contribution in [2.45, 2.75) is 50.9 Å². The van der Waals surface area contributed by atoms with Crippen molar-refractivity contribution in [3.63, 3.8) is 0 Å². The van der Waals surface area contributed by atoms with Crippen LogP contribution in [-0.4, -0.2) is 14.8 Å². The molecule has 1 heterocycles. The van der Waals surface area contributed by atoms with Crippen molar-refractivity contribution in [1.82, 2.24) is 14.8 Å². The van der Waals surface area contributed by atoms with Crippen LogP contribution in [0.15, 0.2) is 18.2 Å². The van der Waals surface area contributed by atoms with E-state index in [2.05, 4.69) is 69.7 Å². The summed E-state index contributed by atoms with van der Waals surface area (Å²) in [5.74, 6) is 1.95. The fourth-order valence-corrected chi connectivity index (χ4v) is 3.37. The van der Waals surface area contributed by atoms with Gasteiger partial charge in [0.15, 0.2) is 5.82 Å². The Hall–Kier alpha value is -1.16. The summed E-state index contributed by atoms with van der Waals surface area (Å²) in [5, 5.41) is 9.49. The Kier molecular flexibility index (Phi) is 3.44. The molecule has 0 radical (unpaired) electrons. The van der Waals surface area contributed by atoms with E-state index in [1.54, 1.807) is 0 Å². The van der Waals surface area contributed by atoms with Gasteiger partial charge in [0.1, 0.15) is 5.82 Å². The highest BCUT2D eigenvalue weighted by atomic mass is 79.9. The summed E-state index contributed by atoms with van der Waals surface area (Å²) in [7, 11) is 0. The number of rotatable bonds is 2. The van der Waals surface area contributed by atoms with Crippen molar-refractivity contribution in [2.24, 2.45) is 0 Å². The molecule has 3 rings (SSSR count). The van der Waals surface area contributed by atoms with Crippen LogP contribution < -0.4 is 0 Å². The molecule has 3 nitrogen and oxygen atoms in total. The van der Waals surface area contributed by atoms with Gasteiger partial charge in [-0.15, -0.1) is 10.2 Å². The predicted molar refractivity (Wildman–Crippen MR) is 85.1 cm³/mol. The maximum absolute atomic E-state index is 4.43. The molecule has 1 aliphatic rings. The zero-order valence-corrected chi connectivity index (χ0v) is 13.9. The average molecular weight is 334 g/mol. The van der Waals surface area contributed by atoms with E-state index < -0.39 is 0 Å². The first kappa shape index (κ1) is 13.8. The molecule has 20 heavy (non-hydrogen) atoms. The lowest BCUT2D eigenvalue weighted by atomic mass is 10.0. The number of hydrogen-bond donors (Lipinski definition) is 0. The summed E-state index contributed by atoms with van der Waals surface area (Å²) < 4.78 is 2.23. The molecule has 0 N–H and O–H groups in total. The molecule has 4 heteroatoms. The van der Waals surface area contributed by atoms with Crippen LogP contribution in [0.3, 0.4) is 0 Å². The number of halogens is 1. The number of benzene rings is 1. The van der Waals surface area contributed by atoms with Gasteiger partial charge >= 0.3 is 0 Å². The third kappa shape index (κ3) is 2.30. The standard InChI is InChI=1S/C16H20BrN3/c1-16(2,3)20-14(10-17)18-19-15(20)13-8-7-11-5-4-6-12(11)9-13/h7-9H,4-6,10H2,1-3H3. The maximum atomic E-state index is 4.43. The van der Waals surface area contributed by atoms with Crippen molar-refractivity contribution in [3.05, 3.63) is 35.2 Å². The zero-order chi connectivity index (χ0) is 14.3. The minimum Gasteiger partial charge on any atom is -0.305 e. The highest BCUT2D eigenvalue weighted by molar-refractivity contribution is 9.08. The zero-order valence-electron chi connectivity index (χ0n) is 12.3. The molecule has 1 aromatic heterocycles. The van der Waals surface area contributed by atoms with E-state index in [1.807, 2.05) is 0 Å². The molecule has 0 spiro atoms. The van der Waals surface area contributed by atoms with E-state index in [0.29, 0.717) is 0 Å². The van der Waals surface area contributed by atoms with Gasteiger partial charge in [-0.25, -0.2) is 0 Å². The normalized spacial score (nSPS) is 14.6. The van der Waals surface area contributed by atoms with Crippen molar-refractivity contribution in [3.8, 4) is 11.4 Å². The van der Waals surface area contributed by atoms with Crippen molar-refractivity contribution >= 4 is 15.9 Å². The second kappa shape index (κ2) is 4.99. The summed E-state index contributed by atoms with van der Waals surface area (Å²) in [6.07, 6.45) is 3.68. The van der Waals surface area contributed by atoms with Gasteiger partial charge in [-0.2, -0.15) is 0 Å². The average Bonchev–Trinajstić information content (AvgIpc) is 3.03. The largest absolute Gasteiger partial charge is 0.305 e. The highest BCUT2D eigenvalue weighted by Crippen LogP contribution is 2.30. The first-order valence-electron chi connectivity index (χ1n) is 7.13. The van der Waals surface area contributed by atoms with Gasteiger partial charge in [-0.05, 0) is 57.2 Å². The summed E-state index contributed by atoms with van der Waals surface area (Å²) >= 11 is 3.51. The molecule has 0 saturated heterocycles. The third-order valence-corrected chi connectivity index (χ3v) is 4.38. The topological polar surface area (TPSA) is 30.7 Å². The van der Waals surface area contributed by atoms with Gasteiger partial charge in [0, 0.05) is 11.1 Å². The van der Waals surface area contributed by atoms with E-state index in [-0.39, 0.29) is 5.54 Å². The number of hydrogen-bond acceptors (Lipinski definition) is 2. The number of nitrogens with zero attached hydrogens (tertiary/aromatic N) is 3. The highest BCUT2D eigenvalue weighted by Gasteiger charge is 2.24. The lowest BCUT2D eigenvalue weighted by Gasteiger charge is -2.24. The van der Waals surface area contributed by atoms with Gasteiger partial charge in [0.25, 0.3) is 0 Å². The lowest BCUT2D eigenvalue weighted by Crippen LogP contribution is -2.24. The van der Waals surface area contributed by atoms with E-state index >= 15 is 0 Å². The van der Waals surface area contributed by atoms with Crippen LogP contribution >= 0.6 is 15.9 Å². The van der Waals surface area contributed by atoms with Crippen molar-refractivity contribution < 1.29 is 0 Å². The van der Waals surface area contributed by atoms with E-state index in [0.717, 1.165) is 17.0 Å². The quantitative estimate of drug-likeness (QED) is 0.775. The maximum Gasteiger partial charge on any atom is 0.164 e. The molecule has 1 aliphatic carbocycles. The summed E-state index contributed by atoms with van der Waals surface area (Å²) in [4.78, 5) is 0. The summed E-state index contributed by atoms with van der Waals surface area (Å²) in [6, 6.07) is 6.74. The number of aryl methyl sites for hydroxylation is 2. The molecule has 2 aromatic rings. The fourth-order valence-electron chi connectivity index (χ4n) is 3.01. The van der Waals surface area contributed by atoms with Crippen LogP contribution in [-0.2, 0) is 23.7 Å². The van der Waals surface area contributed by atoms with Crippen molar-refractivity contribution in [2.75, 3.05) is 0 Å². The first-order valence-corrected chi connectivity index (χ1v) is 8.26. The minimum atomic E-state index is -0.0268. The Morgan fingerprint density at radius 3 is 2.60 bits per heavy atom. The number of alkyl halides is 1. The SMILES string of the molecule is CC(C)(C)n1c(CBr)nnc1-c1ccc2c(c1)CCC2. The second-order valence-corrected chi connectivity index (χ2v) is 6.98. The summed E-state index contributed by atoms with van der Waals surface area (Å²) in [5.41, 5.74) is 4.13. The van der Waals surface area contributed by atoms with Crippen LogP contribution in [0.1, 0.15) is 44.1 Å². The molecule has 0 fully saturated rings. The molecule has 0 aliphatic heterocycles. The molecule has 0 atom stereocenters. The third-order valence-electron chi connectivity index (χ3n) is 3.88. The van der Waals surface area contributed by atoms with Crippen LogP contribution in [0.25, 0.3) is 11.4 Å². The Labute approximate surface area is 128 Å². The molecule has 0 bridgehead atoms. The Morgan fingerprint density at radius 2 is 1.90 bits per heavy atom. The number of fused-ring (bicyclic) bond motifs is 1. The molecule has 0 amide bonds. The Balaban J connectivity index is 2.13.